The fraction of sp³-hybridized carbons (Fsp3) is 0. The van der Waals surface area contributed by atoms with Gasteiger partial charge in [-0.2, -0.15) is 0 Å². The molecule has 19 heavy (non-hydrogen) atoms. The first-order valence-corrected chi connectivity index (χ1v) is 7.07. The maximum atomic E-state index is 12.0. The third kappa shape index (κ3) is 4.00. The molecule has 0 saturated carbocycles. The van der Waals surface area contributed by atoms with Gasteiger partial charge in [0.25, 0.3) is 5.91 Å². The molecule has 96 valence electrons. The molecule has 0 radical (unpaired) electrons. The van der Waals surface area contributed by atoms with Gasteiger partial charge in [-0.3, -0.25) is 10.1 Å². The zero-order valence-electron chi connectivity index (χ0n) is 9.89. The Bertz CT molecular complexity index is 601. The van der Waals surface area contributed by atoms with Crippen LogP contribution in [0.15, 0.2) is 54.6 Å². The van der Waals surface area contributed by atoms with E-state index >= 15 is 0 Å². The second-order valence-electron chi connectivity index (χ2n) is 3.75. The first-order chi connectivity index (χ1) is 9.16. The molecular weight excluding hydrogens is 371 g/mol. The highest BCUT2D eigenvalue weighted by Gasteiger charge is 2.10. The number of halogens is 1. The van der Waals surface area contributed by atoms with Gasteiger partial charge >= 0.3 is 0 Å². The SMILES string of the molecule is O=C(NC(=S)Nc1ccccc1)c1ccccc1I. The maximum absolute atomic E-state index is 12.0. The van der Waals surface area contributed by atoms with E-state index in [0.29, 0.717) is 5.56 Å². The lowest BCUT2D eigenvalue weighted by molar-refractivity contribution is 0.0977. The predicted octanol–water partition coefficient (Wildman–Crippen LogP) is 3.42. The van der Waals surface area contributed by atoms with Crippen molar-refractivity contribution in [2.75, 3.05) is 5.32 Å². The summed E-state index contributed by atoms with van der Waals surface area (Å²) in [6.45, 7) is 0. The van der Waals surface area contributed by atoms with Crippen molar-refractivity contribution >= 4 is 51.5 Å². The third-order valence-corrected chi connectivity index (χ3v) is 3.52. The van der Waals surface area contributed by atoms with Crippen LogP contribution < -0.4 is 10.6 Å². The second kappa shape index (κ2) is 6.63. The topological polar surface area (TPSA) is 41.1 Å². The molecule has 5 heteroatoms. The van der Waals surface area contributed by atoms with E-state index in [4.69, 9.17) is 12.2 Å². The molecule has 2 aromatic rings. The van der Waals surface area contributed by atoms with E-state index in [2.05, 4.69) is 33.2 Å². The van der Waals surface area contributed by atoms with E-state index in [0.717, 1.165) is 9.26 Å². The summed E-state index contributed by atoms with van der Waals surface area (Å²) in [5, 5.41) is 5.91. The molecule has 0 fully saturated rings. The number of hydrogen-bond donors (Lipinski definition) is 2. The molecule has 0 aromatic heterocycles. The summed E-state index contributed by atoms with van der Waals surface area (Å²) in [6, 6.07) is 16.8. The summed E-state index contributed by atoms with van der Waals surface area (Å²) >= 11 is 7.23. The third-order valence-electron chi connectivity index (χ3n) is 2.38. The van der Waals surface area contributed by atoms with Crippen LogP contribution >= 0.6 is 34.8 Å². The lowest BCUT2D eigenvalue weighted by atomic mass is 10.2. The monoisotopic (exact) mass is 382 g/mol. The van der Waals surface area contributed by atoms with Crippen molar-refractivity contribution in [2.45, 2.75) is 0 Å². The lowest BCUT2D eigenvalue weighted by Gasteiger charge is -2.10. The van der Waals surface area contributed by atoms with Gasteiger partial charge in [0.05, 0.1) is 5.56 Å². The zero-order chi connectivity index (χ0) is 13.7. The first-order valence-electron chi connectivity index (χ1n) is 5.59. The summed E-state index contributed by atoms with van der Waals surface area (Å²) in [4.78, 5) is 12.0. The Kier molecular flexibility index (Phi) is 4.86. The molecule has 1 amide bonds. The van der Waals surface area contributed by atoms with E-state index in [-0.39, 0.29) is 11.0 Å². The summed E-state index contributed by atoms with van der Waals surface area (Å²) in [5.74, 6) is -0.210. The van der Waals surface area contributed by atoms with Crippen LogP contribution in [-0.2, 0) is 0 Å². The predicted molar refractivity (Wildman–Crippen MR) is 89.3 cm³/mol. The Balaban J connectivity index is 2.00. The molecule has 0 heterocycles. The summed E-state index contributed by atoms with van der Waals surface area (Å²) in [5.41, 5.74) is 1.45. The summed E-state index contributed by atoms with van der Waals surface area (Å²) in [7, 11) is 0. The fourth-order valence-corrected chi connectivity index (χ4v) is 2.34. The Morgan fingerprint density at radius 2 is 1.63 bits per heavy atom. The van der Waals surface area contributed by atoms with Gasteiger partial charge in [-0.25, -0.2) is 0 Å². The molecule has 0 aliphatic rings. The van der Waals surface area contributed by atoms with Gasteiger partial charge in [-0.1, -0.05) is 30.3 Å². The number of thiocarbonyl (C=S) groups is 1. The molecule has 2 aromatic carbocycles. The Morgan fingerprint density at radius 1 is 1.00 bits per heavy atom. The molecule has 0 spiro atoms. The maximum Gasteiger partial charge on any atom is 0.258 e. The van der Waals surface area contributed by atoms with Crippen LogP contribution in [0, 0.1) is 3.57 Å². The van der Waals surface area contributed by atoms with Crippen LogP contribution in [0.2, 0.25) is 0 Å². The van der Waals surface area contributed by atoms with E-state index in [1.54, 1.807) is 6.07 Å². The van der Waals surface area contributed by atoms with Crippen molar-refractivity contribution in [1.29, 1.82) is 0 Å². The van der Waals surface area contributed by atoms with Gasteiger partial charge in [0.1, 0.15) is 0 Å². The van der Waals surface area contributed by atoms with Gasteiger partial charge in [-0.15, -0.1) is 0 Å². The van der Waals surface area contributed by atoms with Crippen molar-refractivity contribution in [1.82, 2.24) is 5.32 Å². The molecule has 3 nitrogen and oxygen atoms in total. The number of hydrogen-bond acceptors (Lipinski definition) is 2. The number of nitrogens with one attached hydrogen (secondary N) is 2. The van der Waals surface area contributed by atoms with E-state index in [9.17, 15) is 4.79 Å². The number of benzene rings is 2. The van der Waals surface area contributed by atoms with E-state index in [1.807, 2.05) is 48.5 Å². The fourth-order valence-electron chi connectivity index (χ4n) is 1.50. The van der Waals surface area contributed by atoms with E-state index in [1.165, 1.54) is 0 Å². The average Bonchev–Trinajstić information content (AvgIpc) is 2.40. The van der Waals surface area contributed by atoms with Crippen LogP contribution in [-0.4, -0.2) is 11.0 Å². The molecule has 0 bridgehead atoms. The number of rotatable bonds is 2. The standard InChI is InChI=1S/C14H11IN2OS/c15-12-9-5-4-8-11(12)13(18)17-14(19)16-10-6-2-1-3-7-10/h1-9H,(H2,16,17,18,19). The van der Waals surface area contributed by atoms with Gasteiger partial charge in [0.2, 0.25) is 0 Å². The van der Waals surface area contributed by atoms with Crippen molar-refractivity contribution in [2.24, 2.45) is 0 Å². The normalized spacial score (nSPS) is 9.74. The van der Waals surface area contributed by atoms with Gasteiger partial charge in [0.15, 0.2) is 5.11 Å². The van der Waals surface area contributed by atoms with E-state index < -0.39 is 0 Å². The molecule has 0 aliphatic heterocycles. The quantitative estimate of drug-likeness (QED) is 0.618. The Morgan fingerprint density at radius 3 is 2.32 bits per heavy atom. The molecule has 0 unspecified atom stereocenters. The average molecular weight is 382 g/mol. The first kappa shape index (κ1) is 14.0. The van der Waals surface area contributed by atoms with Crippen LogP contribution in [0.5, 0.6) is 0 Å². The number of para-hydroxylation sites is 1. The van der Waals surface area contributed by atoms with Crippen LogP contribution in [0.1, 0.15) is 10.4 Å². The van der Waals surface area contributed by atoms with Crippen molar-refractivity contribution in [3.8, 4) is 0 Å². The van der Waals surface area contributed by atoms with Crippen molar-refractivity contribution in [3.63, 3.8) is 0 Å². The van der Waals surface area contributed by atoms with Crippen molar-refractivity contribution < 1.29 is 4.79 Å². The summed E-state index contributed by atoms with van der Waals surface area (Å²) in [6.07, 6.45) is 0. The number of anilines is 1. The molecular formula is C14H11IN2OS. The highest BCUT2D eigenvalue weighted by Crippen LogP contribution is 2.11. The smallest absolute Gasteiger partial charge is 0.258 e. The van der Waals surface area contributed by atoms with Crippen LogP contribution in [0.3, 0.4) is 0 Å². The van der Waals surface area contributed by atoms with Gasteiger partial charge in [-0.05, 0) is 59.1 Å². The van der Waals surface area contributed by atoms with Crippen LogP contribution in [0.4, 0.5) is 5.69 Å². The lowest BCUT2D eigenvalue weighted by Crippen LogP contribution is -2.34. The molecule has 0 saturated heterocycles. The Labute approximate surface area is 130 Å². The zero-order valence-corrected chi connectivity index (χ0v) is 12.9. The molecule has 2 N–H and O–H groups in total. The highest BCUT2D eigenvalue weighted by molar-refractivity contribution is 14.1. The van der Waals surface area contributed by atoms with Crippen molar-refractivity contribution in [3.05, 3.63) is 63.7 Å². The molecule has 0 atom stereocenters. The minimum atomic E-state index is -0.210. The van der Waals surface area contributed by atoms with Crippen LogP contribution in [0.25, 0.3) is 0 Å². The number of amides is 1. The Hall–Kier alpha value is -1.47. The molecule has 2 rings (SSSR count). The van der Waals surface area contributed by atoms with Gasteiger partial charge < -0.3 is 5.32 Å². The summed E-state index contributed by atoms with van der Waals surface area (Å²) < 4.78 is 0.889. The number of carbonyl (C=O) groups is 1. The number of carbonyl (C=O) groups excluding carboxylic acids is 1. The minimum Gasteiger partial charge on any atom is -0.332 e. The highest BCUT2D eigenvalue weighted by atomic mass is 127. The molecule has 0 aliphatic carbocycles. The minimum absolute atomic E-state index is 0.210. The van der Waals surface area contributed by atoms with Gasteiger partial charge in [0, 0.05) is 9.26 Å². The second-order valence-corrected chi connectivity index (χ2v) is 5.32. The largest absolute Gasteiger partial charge is 0.332 e.